The van der Waals surface area contributed by atoms with E-state index in [1.54, 1.807) is 45.3 Å². The molecular weight excluding hydrogens is 419 g/mol. The summed E-state index contributed by atoms with van der Waals surface area (Å²) in [5, 5.41) is 8.37. The lowest BCUT2D eigenvalue weighted by atomic mass is 9.94. The molecule has 0 atom stereocenters. The summed E-state index contributed by atoms with van der Waals surface area (Å²) in [7, 11) is 0. The number of rotatable bonds is 4. The molecular formula is C23H13NS4. The lowest BCUT2D eigenvalue weighted by Crippen LogP contribution is -1.98. The maximum absolute atomic E-state index is 6.08. The summed E-state index contributed by atoms with van der Waals surface area (Å²) in [5.41, 5.74) is 5.01. The smallest absolute Gasteiger partial charge is 0.0972 e. The highest BCUT2D eigenvalue weighted by Crippen LogP contribution is 2.47. The lowest BCUT2D eigenvalue weighted by Gasteiger charge is -2.17. The topological polar surface area (TPSA) is 12.9 Å². The van der Waals surface area contributed by atoms with Crippen molar-refractivity contribution in [3.05, 3.63) is 75.6 Å². The van der Waals surface area contributed by atoms with Crippen LogP contribution in [0.4, 0.5) is 0 Å². The van der Waals surface area contributed by atoms with Crippen molar-refractivity contribution in [2.45, 2.75) is 0 Å². The van der Waals surface area contributed by atoms with E-state index in [-0.39, 0.29) is 0 Å². The zero-order valence-electron chi connectivity index (χ0n) is 14.6. The summed E-state index contributed by atoms with van der Waals surface area (Å²) < 4.78 is 0. The maximum atomic E-state index is 6.08. The van der Waals surface area contributed by atoms with Crippen molar-refractivity contribution in [1.29, 1.82) is 0 Å². The molecule has 1 nitrogen and oxygen atoms in total. The first-order valence-electron chi connectivity index (χ1n) is 8.57. The van der Waals surface area contributed by atoms with Crippen LogP contribution in [0, 0.1) is 12.3 Å². The summed E-state index contributed by atoms with van der Waals surface area (Å²) in [6.07, 6.45) is 6.08. The van der Waals surface area contributed by atoms with E-state index in [0.29, 0.717) is 0 Å². The van der Waals surface area contributed by atoms with Crippen LogP contribution in [0.1, 0.15) is 5.56 Å². The Labute approximate surface area is 179 Å². The highest BCUT2D eigenvalue weighted by Gasteiger charge is 2.24. The zero-order chi connectivity index (χ0) is 18.9. The molecule has 134 valence electrons. The van der Waals surface area contributed by atoms with Gasteiger partial charge < -0.3 is 0 Å². The van der Waals surface area contributed by atoms with Crippen LogP contribution in [0.3, 0.4) is 0 Å². The van der Waals surface area contributed by atoms with E-state index in [1.807, 2.05) is 6.07 Å². The average Bonchev–Trinajstić information content (AvgIpc) is 3.53. The second-order valence-electron chi connectivity index (χ2n) is 5.99. The standard InChI is InChI=1S/C23H13NS4/c1-2-15-20(16-7-3-11-25-16)21(17-8-4-12-26-17)23(19-10-6-14-28-19)24-22(15)18-9-5-13-27-18/h1,3-14H. The molecule has 0 N–H and O–H groups in total. The summed E-state index contributed by atoms with van der Waals surface area (Å²) in [5.74, 6) is 2.97. The molecule has 0 aliphatic rings. The SMILES string of the molecule is C#Cc1c(-c2cccs2)nc(-c2cccs2)c(-c2cccs2)c1-c1cccs1. The fourth-order valence-electron chi connectivity index (χ4n) is 3.24. The van der Waals surface area contributed by atoms with Crippen molar-refractivity contribution in [3.8, 4) is 54.4 Å². The molecule has 5 aromatic rings. The van der Waals surface area contributed by atoms with Gasteiger partial charge in [-0.2, -0.15) is 0 Å². The van der Waals surface area contributed by atoms with Gasteiger partial charge in [0.05, 0.1) is 26.7 Å². The molecule has 5 heterocycles. The van der Waals surface area contributed by atoms with Gasteiger partial charge in [0.15, 0.2) is 0 Å². The number of hydrogen-bond donors (Lipinski definition) is 0. The van der Waals surface area contributed by atoms with E-state index >= 15 is 0 Å². The molecule has 28 heavy (non-hydrogen) atoms. The minimum Gasteiger partial charge on any atom is -0.244 e. The zero-order valence-corrected chi connectivity index (χ0v) is 17.9. The number of pyridine rings is 1. The third-order valence-corrected chi connectivity index (χ3v) is 7.91. The first-order valence-corrected chi connectivity index (χ1v) is 12.1. The molecule has 5 rings (SSSR count). The van der Waals surface area contributed by atoms with Crippen LogP contribution in [0.25, 0.3) is 42.0 Å². The average molecular weight is 432 g/mol. The fraction of sp³-hybridized carbons (Fsp3) is 0. The van der Waals surface area contributed by atoms with Crippen molar-refractivity contribution in [2.24, 2.45) is 0 Å². The predicted molar refractivity (Wildman–Crippen MR) is 125 cm³/mol. The Hall–Kier alpha value is -2.49. The van der Waals surface area contributed by atoms with Gasteiger partial charge in [0.2, 0.25) is 0 Å². The Balaban J connectivity index is 1.96. The summed E-state index contributed by atoms with van der Waals surface area (Å²) >= 11 is 6.82. The normalized spacial score (nSPS) is 10.8. The summed E-state index contributed by atoms with van der Waals surface area (Å²) in [4.78, 5) is 9.76. The van der Waals surface area contributed by atoms with E-state index in [0.717, 1.165) is 37.8 Å². The molecule has 0 saturated heterocycles. The van der Waals surface area contributed by atoms with E-state index in [2.05, 4.69) is 69.9 Å². The molecule has 0 aromatic carbocycles. The van der Waals surface area contributed by atoms with Crippen molar-refractivity contribution in [2.75, 3.05) is 0 Å². The minimum absolute atomic E-state index is 0.869. The second-order valence-corrected chi connectivity index (χ2v) is 9.78. The van der Waals surface area contributed by atoms with Crippen molar-refractivity contribution in [3.63, 3.8) is 0 Å². The molecule has 0 fully saturated rings. The Bertz CT molecular complexity index is 1240. The van der Waals surface area contributed by atoms with Gasteiger partial charge in [-0.3, -0.25) is 0 Å². The van der Waals surface area contributed by atoms with Gasteiger partial charge in [0.1, 0.15) is 0 Å². The Morgan fingerprint density at radius 1 is 0.607 bits per heavy atom. The minimum atomic E-state index is 0.869. The second kappa shape index (κ2) is 7.50. The number of hydrogen-bond acceptors (Lipinski definition) is 5. The molecule has 0 bridgehead atoms. The van der Waals surface area contributed by atoms with E-state index in [1.165, 1.54) is 9.75 Å². The van der Waals surface area contributed by atoms with E-state index in [9.17, 15) is 0 Å². The monoisotopic (exact) mass is 431 g/mol. The maximum Gasteiger partial charge on any atom is 0.0972 e. The van der Waals surface area contributed by atoms with E-state index < -0.39 is 0 Å². The van der Waals surface area contributed by atoms with Gasteiger partial charge in [-0.15, -0.1) is 51.8 Å². The molecule has 0 aliphatic carbocycles. The van der Waals surface area contributed by atoms with Crippen molar-refractivity contribution in [1.82, 2.24) is 4.98 Å². The van der Waals surface area contributed by atoms with Gasteiger partial charge in [-0.1, -0.05) is 30.2 Å². The molecule has 0 spiro atoms. The Morgan fingerprint density at radius 2 is 1.07 bits per heavy atom. The molecule has 5 heteroatoms. The number of nitrogens with zero attached hydrogens (tertiary/aromatic N) is 1. The predicted octanol–water partition coefficient (Wildman–Crippen LogP) is 7.98. The van der Waals surface area contributed by atoms with Crippen molar-refractivity contribution >= 4 is 45.3 Å². The van der Waals surface area contributed by atoms with Crippen LogP contribution < -0.4 is 0 Å². The number of aromatic nitrogens is 1. The number of thiophene rings is 4. The first kappa shape index (κ1) is 17.6. The Kier molecular flexibility index (Phi) is 4.71. The molecule has 0 amide bonds. The van der Waals surface area contributed by atoms with Crippen LogP contribution >= 0.6 is 45.3 Å². The molecule has 0 aliphatic heterocycles. The molecule has 0 unspecified atom stereocenters. The quantitative estimate of drug-likeness (QED) is 0.263. The highest BCUT2D eigenvalue weighted by atomic mass is 32.1. The van der Waals surface area contributed by atoms with Crippen LogP contribution in [0.5, 0.6) is 0 Å². The summed E-state index contributed by atoms with van der Waals surface area (Å²) in [6.45, 7) is 0. The van der Waals surface area contributed by atoms with Gasteiger partial charge in [0.25, 0.3) is 0 Å². The van der Waals surface area contributed by atoms with Crippen LogP contribution in [-0.2, 0) is 0 Å². The first-order chi connectivity index (χ1) is 13.9. The molecule has 0 saturated carbocycles. The summed E-state index contributed by atoms with van der Waals surface area (Å²) in [6, 6.07) is 16.8. The van der Waals surface area contributed by atoms with Crippen LogP contribution in [0.2, 0.25) is 0 Å². The van der Waals surface area contributed by atoms with Crippen LogP contribution in [-0.4, -0.2) is 4.98 Å². The fourth-order valence-corrected chi connectivity index (χ4v) is 6.24. The van der Waals surface area contributed by atoms with Crippen molar-refractivity contribution < 1.29 is 0 Å². The molecule has 5 aromatic heterocycles. The van der Waals surface area contributed by atoms with Crippen LogP contribution in [0.15, 0.2) is 70.1 Å². The van der Waals surface area contributed by atoms with E-state index in [4.69, 9.17) is 11.4 Å². The largest absolute Gasteiger partial charge is 0.244 e. The third kappa shape index (κ3) is 2.95. The van der Waals surface area contributed by atoms with Gasteiger partial charge in [-0.05, 0) is 45.8 Å². The van der Waals surface area contributed by atoms with Gasteiger partial charge in [-0.25, -0.2) is 4.98 Å². The number of terminal acetylenes is 1. The lowest BCUT2D eigenvalue weighted by molar-refractivity contribution is 1.34. The Morgan fingerprint density at radius 3 is 1.54 bits per heavy atom. The molecule has 0 radical (unpaired) electrons. The highest BCUT2D eigenvalue weighted by molar-refractivity contribution is 7.15. The third-order valence-electron chi connectivity index (χ3n) is 4.39. The van der Waals surface area contributed by atoms with Gasteiger partial charge >= 0.3 is 0 Å². The van der Waals surface area contributed by atoms with Gasteiger partial charge in [0, 0.05) is 20.9 Å².